The number of benzene rings is 1. The molecule has 1 aromatic heterocycles. The van der Waals surface area contributed by atoms with E-state index in [-0.39, 0.29) is 24.6 Å². The number of hydrogen-bond donors (Lipinski definition) is 0. The first-order chi connectivity index (χ1) is 14.0. The number of ether oxygens (including phenoxy) is 1. The van der Waals surface area contributed by atoms with Crippen molar-refractivity contribution in [3.8, 4) is 11.3 Å². The molecule has 156 valence electrons. The molecule has 4 rings (SSSR count). The first-order valence-electron chi connectivity index (χ1n) is 9.94. The molecular formula is C21H24F3N3O2. The quantitative estimate of drug-likeness (QED) is 0.734. The van der Waals surface area contributed by atoms with Gasteiger partial charge < -0.3 is 19.1 Å². The number of carbonyl (C=O) groups excluding carboxylic acids is 1. The fraction of sp³-hybridized carbons (Fsp3) is 0.476. The van der Waals surface area contributed by atoms with Crippen LogP contribution in [0, 0.1) is 5.82 Å². The minimum Gasteiger partial charge on any atom is -0.378 e. The van der Waals surface area contributed by atoms with Crippen LogP contribution in [-0.2, 0) is 11.3 Å². The number of halogens is 3. The Kier molecular flexibility index (Phi) is 5.80. The highest BCUT2D eigenvalue weighted by atomic mass is 19.3. The van der Waals surface area contributed by atoms with Gasteiger partial charge in [0.1, 0.15) is 11.5 Å². The summed E-state index contributed by atoms with van der Waals surface area (Å²) in [5, 5.41) is 0. The van der Waals surface area contributed by atoms with Crippen LogP contribution >= 0.6 is 0 Å². The zero-order chi connectivity index (χ0) is 20.4. The van der Waals surface area contributed by atoms with Gasteiger partial charge in [0.15, 0.2) is 0 Å². The van der Waals surface area contributed by atoms with E-state index in [1.165, 1.54) is 6.07 Å². The van der Waals surface area contributed by atoms with Crippen molar-refractivity contribution < 1.29 is 22.7 Å². The number of nitrogens with zero attached hydrogens (tertiary/aromatic N) is 3. The molecule has 3 heterocycles. The van der Waals surface area contributed by atoms with Gasteiger partial charge in [-0.25, -0.2) is 13.2 Å². The van der Waals surface area contributed by atoms with Crippen LogP contribution in [0.4, 0.5) is 18.9 Å². The second-order valence-electron chi connectivity index (χ2n) is 7.35. The second-order valence-corrected chi connectivity index (χ2v) is 7.35. The smallest absolute Gasteiger partial charge is 0.270 e. The minimum absolute atomic E-state index is 0.165. The second kappa shape index (κ2) is 8.49. The summed E-state index contributed by atoms with van der Waals surface area (Å²) in [5.41, 5.74) is 2.57. The number of anilines is 1. The highest BCUT2D eigenvalue weighted by Gasteiger charge is 2.26. The average Bonchev–Trinajstić information content (AvgIpc) is 3.15. The number of hydrogen-bond acceptors (Lipinski definition) is 3. The molecular weight excluding hydrogens is 383 g/mol. The van der Waals surface area contributed by atoms with E-state index >= 15 is 0 Å². The first kappa shape index (κ1) is 19.8. The molecule has 2 aliphatic heterocycles. The monoisotopic (exact) mass is 407 g/mol. The summed E-state index contributed by atoms with van der Waals surface area (Å²) in [6, 6.07) is 8.70. The molecule has 2 aliphatic rings. The highest BCUT2D eigenvalue weighted by molar-refractivity contribution is 5.94. The molecule has 8 heteroatoms. The maximum Gasteiger partial charge on any atom is 0.270 e. The van der Waals surface area contributed by atoms with Crippen molar-refractivity contribution in [3.63, 3.8) is 0 Å². The summed E-state index contributed by atoms with van der Waals surface area (Å²) in [6.07, 6.45) is -2.27. The van der Waals surface area contributed by atoms with Crippen molar-refractivity contribution in [1.29, 1.82) is 0 Å². The van der Waals surface area contributed by atoms with Gasteiger partial charge in [0.2, 0.25) is 6.43 Å². The molecule has 0 radical (unpaired) electrons. The van der Waals surface area contributed by atoms with Crippen molar-refractivity contribution >= 4 is 11.6 Å². The third-order valence-corrected chi connectivity index (χ3v) is 5.53. The predicted octanol–water partition coefficient (Wildman–Crippen LogP) is 3.63. The molecule has 2 aromatic rings. The lowest BCUT2D eigenvalue weighted by Gasteiger charge is -2.30. The SMILES string of the molecule is O=C1c2ccc(-c3ccc(N4CCOCC4)c(F)c3)n2CCN1CCCC(F)F. The van der Waals surface area contributed by atoms with Gasteiger partial charge in [0.05, 0.1) is 18.9 Å². The summed E-state index contributed by atoms with van der Waals surface area (Å²) in [4.78, 5) is 16.3. The van der Waals surface area contributed by atoms with Gasteiger partial charge in [-0.05, 0) is 30.7 Å². The number of morpholine rings is 1. The van der Waals surface area contributed by atoms with E-state index in [4.69, 9.17) is 4.74 Å². The molecule has 0 unspecified atom stereocenters. The number of alkyl halides is 2. The maximum atomic E-state index is 14.8. The Morgan fingerprint density at radius 3 is 2.48 bits per heavy atom. The zero-order valence-electron chi connectivity index (χ0n) is 16.1. The number of fused-ring (bicyclic) bond motifs is 1. The average molecular weight is 407 g/mol. The Balaban J connectivity index is 1.51. The standard InChI is InChI=1S/C21H24F3N3O2/c22-16-14-15(3-4-18(16)25-10-12-29-13-11-25)17-5-6-19-21(28)26(8-9-27(17)19)7-1-2-20(23)24/h3-6,14,20H,1-2,7-13H2. The van der Waals surface area contributed by atoms with E-state index in [2.05, 4.69) is 0 Å². The van der Waals surface area contributed by atoms with Gasteiger partial charge in [-0.2, -0.15) is 0 Å². The Morgan fingerprint density at radius 2 is 1.76 bits per heavy atom. The van der Waals surface area contributed by atoms with Crippen LogP contribution in [0.5, 0.6) is 0 Å². The third-order valence-electron chi connectivity index (χ3n) is 5.53. The van der Waals surface area contributed by atoms with Gasteiger partial charge in [-0.1, -0.05) is 6.07 Å². The van der Waals surface area contributed by atoms with E-state index in [1.807, 2.05) is 21.6 Å². The van der Waals surface area contributed by atoms with Crippen molar-refractivity contribution in [2.24, 2.45) is 0 Å². The molecule has 5 nitrogen and oxygen atoms in total. The molecule has 0 atom stereocenters. The third kappa shape index (κ3) is 4.12. The van der Waals surface area contributed by atoms with Crippen LogP contribution in [0.1, 0.15) is 23.3 Å². The Bertz CT molecular complexity index is 878. The van der Waals surface area contributed by atoms with E-state index in [1.54, 1.807) is 17.0 Å². The van der Waals surface area contributed by atoms with Crippen LogP contribution in [0.3, 0.4) is 0 Å². The molecule has 0 saturated carbocycles. The van der Waals surface area contributed by atoms with E-state index < -0.39 is 6.43 Å². The van der Waals surface area contributed by atoms with Gasteiger partial charge in [0.25, 0.3) is 5.91 Å². The lowest BCUT2D eigenvalue weighted by Crippen LogP contribution is -2.40. The number of amides is 1. The van der Waals surface area contributed by atoms with Crippen molar-refractivity contribution in [2.75, 3.05) is 44.3 Å². The molecule has 0 spiro atoms. The predicted molar refractivity (Wildman–Crippen MR) is 104 cm³/mol. The number of carbonyl (C=O) groups is 1. The summed E-state index contributed by atoms with van der Waals surface area (Å²) in [6.45, 7) is 3.84. The lowest BCUT2D eigenvalue weighted by molar-refractivity contribution is 0.0681. The van der Waals surface area contributed by atoms with Crippen molar-refractivity contribution in [1.82, 2.24) is 9.47 Å². The number of rotatable bonds is 6. The van der Waals surface area contributed by atoms with Crippen LogP contribution in [0.25, 0.3) is 11.3 Å². The normalized spacial score (nSPS) is 17.2. The lowest BCUT2D eigenvalue weighted by atomic mass is 10.1. The van der Waals surface area contributed by atoms with Gasteiger partial charge >= 0.3 is 0 Å². The van der Waals surface area contributed by atoms with Gasteiger partial charge in [-0.3, -0.25) is 4.79 Å². The summed E-state index contributed by atoms with van der Waals surface area (Å²) >= 11 is 0. The Labute approximate surface area is 167 Å². The van der Waals surface area contributed by atoms with E-state index in [0.29, 0.717) is 62.9 Å². The van der Waals surface area contributed by atoms with Crippen LogP contribution in [0.15, 0.2) is 30.3 Å². The van der Waals surface area contributed by atoms with E-state index in [9.17, 15) is 18.0 Å². The Morgan fingerprint density at radius 1 is 1.00 bits per heavy atom. The number of aromatic nitrogens is 1. The fourth-order valence-corrected chi connectivity index (χ4v) is 4.01. The summed E-state index contributed by atoms with van der Waals surface area (Å²) in [5.74, 6) is -0.460. The largest absolute Gasteiger partial charge is 0.378 e. The molecule has 0 aliphatic carbocycles. The maximum absolute atomic E-state index is 14.8. The topological polar surface area (TPSA) is 37.7 Å². The molecule has 0 bridgehead atoms. The summed E-state index contributed by atoms with van der Waals surface area (Å²) < 4.78 is 46.7. The molecule has 29 heavy (non-hydrogen) atoms. The van der Waals surface area contributed by atoms with Gasteiger partial charge in [0, 0.05) is 50.4 Å². The minimum atomic E-state index is -2.35. The Hall–Kier alpha value is -2.48. The molecule has 1 fully saturated rings. The highest BCUT2D eigenvalue weighted by Crippen LogP contribution is 2.30. The zero-order valence-corrected chi connectivity index (χ0v) is 16.1. The summed E-state index contributed by atoms with van der Waals surface area (Å²) in [7, 11) is 0. The van der Waals surface area contributed by atoms with Crippen molar-refractivity contribution in [2.45, 2.75) is 25.8 Å². The van der Waals surface area contributed by atoms with Crippen LogP contribution in [0.2, 0.25) is 0 Å². The molecule has 0 N–H and O–H groups in total. The van der Waals surface area contributed by atoms with Crippen LogP contribution < -0.4 is 4.90 Å². The van der Waals surface area contributed by atoms with E-state index in [0.717, 1.165) is 5.69 Å². The molecule has 1 aromatic carbocycles. The molecule has 1 saturated heterocycles. The van der Waals surface area contributed by atoms with Crippen molar-refractivity contribution in [3.05, 3.63) is 41.8 Å². The van der Waals surface area contributed by atoms with Crippen LogP contribution in [-0.4, -0.2) is 61.2 Å². The first-order valence-corrected chi connectivity index (χ1v) is 9.94. The van der Waals surface area contributed by atoms with Gasteiger partial charge in [-0.15, -0.1) is 0 Å². The molecule has 1 amide bonds. The fourth-order valence-electron chi connectivity index (χ4n) is 4.01.